The Labute approximate surface area is 142 Å². The van der Waals surface area contributed by atoms with Gasteiger partial charge in [-0.15, -0.1) is 18.4 Å². The van der Waals surface area contributed by atoms with Crippen LogP contribution in [0.4, 0.5) is 0 Å². The number of rotatable bonds is 6. The van der Waals surface area contributed by atoms with E-state index in [1.54, 1.807) is 11.8 Å². The maximum absolute atomic E-state index is 11.2. The van der Waals surface area contributed by atoms with Gasteiger partial charge in [0, 0.05) is 0 Å². The Bertz CT molecular complexity index is 614. The van der Waals surface area contributed by atoms with Crippen molar-refractivity contribution >= 4 is 11.8 Å². The van der Waals surface area contributed by atoms with Crippen molar-refractivity contribution in [3.8, 4) is 0 Å². The highest BCUT2D eigenvalue weighted by Gasteiger charge is 2.36. The first-order valence-electron chi connectivity index (χ1n) is 7.76. The first kappa shape index (κ1) is 15.9. The van der Waals surface area contributed by atoms with Crippen LogP contribution >= 0.6 is 11.8 Å². The third-order valence-corrected chi connectivity index (χ3v) is 5.45. The summed E-state index contributed by atoms with van der Waals surface area (Å²) in [5.41, 5.74) is 3.61. The molecule has 0 N–H and O–H groups in total. The summed E-state index contributed by atoms with van der Waals surface area (Å²) in [7, 11) is 0. The quantitative estimate of drug-likeness (QED) is 0.639. The van der Waals surface area contributed by atoms with Gasteiger partial charge in [0.2, 0.25) is 0 Å². The van der Waals surface area contributed by atoms with E-state index >= 15 is 0 Å². The molecule has 0 aliphatic rings. The van der Waals surface area contributed by atoms with Gasteiger partial charge in [0.15, 0.2) is 0 Å². The predicted octanol–water partition coefficient (Wildman–Crippen LogP) is 4.07. The van der Waals surface area contributed by atoms with Crippen molar-refractivity contribution in [1.29, 1.82) is 0 Å². The summed E-state index contributed by atoms with van der Waals surface area (Å²) in [5.74, 6) is 0.568. The highest BCUT2D eigenvalue weighted by molar-refractivity contribution is 8.00. The molecule has 1 nitrogen and oxygen atoms in total. The lowest BCUT2D eigenvalue weighted by Crippen LogP contribution is -2.27. The minimum atomic E-state index is -0.353. The van der Waals surface area contributed by atoms with Crippen LogP contribution in [0.5, 0.6) is 0 Å². The number of hydrogen-bond donors (Lipinski definition) is 0. The van der Waals surface area contributed by atoms with E-state index in [1.807, 2.05) is 18.2 Å². The van der Waals surface area contributed by atoms with Crippen LogP contribution in [-0.2, 0) is 4.75 Å². The summed E-state index contributed by atoms with van der Waals surface area (Å²) in [5, 5.41) is 11.2. The monoisotopic (exact) mass is 319 g/mol. The van der Waals surface area contributed by atoms with Gasteiger partial charge >= 0.3 is 0 Å². The zero-order valence-electron chi connectivity index (χ0n) is 12.9. The molecule has 3 rings (SSSR count). The molecule has 3 aromatic carbocycles. The van der Waals surface area contributed by atoms with Crippen LogP contribution in [-0.4, -0.2) is 12.4 Å². The molecule has 0 bridgehead atoms. The van der Waals surface area contributed by atoms with Gasteiger partial charge in [0.1, 0.15) is 0 Å². The fourth-order valence-electron chi connectivity index (χ4n) is 2.96. The first-order chi connectivity index (χ1) is 11.4. The Kier molecular flexibility index (Phi) is 5.16. The Balaban J connectivity index is 2.25. The van der Waals surface area contributed by atoms with E-state index in [9.17, 15) is 5.11 Å². The second-order valence-corrected chi connectivity index (χ2v) is 6.64. The van der Waals surface area contributed by atoms with E-state index in [2.05, 4.69) is 72.8 Å². The van der Waals surface area contributed by atoms with Gasteiger partial charge in [0.25, 0.3) is 0 Å². The molecule has 0 amide bonds. The van der Waals surface area contributed by atoms with Gasteiger partial charge in [-0.3, -0.25) is 0 Å². The van der Waals surface area contributed by atoms with Gasteiger partial charge in [-0.25, -0.2) is 0 Å². The lowest BCUT2D eigenvalue weighted by Gasteiger charge is -2.36. The Morgan fingerprint density at radius 3 is 1.26 bits per heavy atom. The standard InChI is InChI=1S/C21H19OS/c22-16-17-23-21(18-10-4-1-5-11-18,19-12-6-2-7-13-19)20-14-8-3-9-15-20/h1-15H,16-17H2/q-1. The minimum Gasteiger partial charge on any atom is -0.854 e. The maximum atomic E-state index is 11.2. The summed E-state index contributed by atoms with van der Waals surface area (Å²) in [4.78, 5) is 0. The van der Waals surface area contributed by atoms with Gasteiger partial charge < -0.3 is 5.11 Å². The summed E-state index contributed by atoms with van der Waals surface area (Å²) < 4.78 is -0.353. The normalized spacial score (nSPS) is 11.3. The largest absolute Gasteiger partial charge is 0.854 e. The molecule has 0 aliphatic heterocycles. The summed E-state index contributed by atoms with van der Waals surface area (Å²) in [6, 6.07) is 31.4. The summed E-state index contributed by atoms with van der Waals surface area (Å²) in [6.07, 6.45) is 0. The topological polar surface area (TPSA) is 23.1 Å². The van der Waals surface area contributed by atoms with Crippen molar-refractivity contribution in [1.82, 2.24) is 0 Å². The second kappa shape index (κ2) is 7.49. The van der Waals surface area contributed by atoms with Crippen LogP contribution in [0.3, 0.4) is 0 Å². The number of thioether (sulfide) groups is 1. The number of benzene rings is 3. The van der Waals surface area contributed by atoms with E-state index in [0.29, 0.717) is 5.75 Å². The van der Waals surface area contributed by atoms with Gasteiger partial charge in [-0.1, -0.05) is 91.0 Å². The molecule has 0 saturated carbocycles. The van der Waals surface area contributed by atoms with E-state index in [4.69, 9.17) is 0 Å². The fraction of sp³-hybridized carbons (Fsp3) is 0.143. The lowest BCUT2D eigenvalue weighted by atomic mass is 9.84. The lowest BCUT2D eigenvalue weighted by molar-refractivity contribution is -0.360. The molecule has 116 valence electrons. The second-order valence-electron chi connectivity index (χ2n) is 5.33. The molecule has 0 heterocycles. The SMILES string of the molecule is [O-]CCSC(c1ccccc1)(c1ccccc1)c1ccccc1. The maximum Gasteiger partial charge on any atom is 0.0906 e. The molecule has 0 spiro atoms. The molecule has 0 aliphatic carbocycles. The number of hydrogen-bond acceptors (Lipinski definition) is 2. The molecule has 0 saturated heterocycles. The van der Waals surface area contributed by atoms with E-state index in [-0.39, 0.29) is 11.4 Å². The van der Waals surface area contributed by atoms with Crippen molar-refractivity contribution in [2.24, 2.45) is 0 Å². The smallest absolute Gasteiger partial charge is 0.0906 e. The van der Waals surface area contributed by atoms with E-state index in [1.165, 1.54) is 16.7 Å². The van der Waals surface area contributed by atoms with Gasteiger partial charge in [-0.2, -0.15) is 0 Å². The van der Waals surface area contributed by atoms with Crippen molar-refractivity contribution in [3.05, 3.63) is 108 Å². The molecule has 0 atom stereocenters. The molecule has 2 heteroatoms. The average molecular weight is 319 g/mol. The van der Waals surface area contributed by atoms with E-state index in [0.717, 1.165) is 0 Å². The molecular formula is C21H19OS-. The van der Waals surface area contributed by atoms with Crippen LogP contribution in [0.15, 0.2) is 91.0 Å². The van der Waals surface area contributed by atoms with Crippen molar-refractivity contribution in [2.45, 2.75) is 4.75 Å². The predicted molar refractivity (Wildman–Crippen MR) is 96.5 cm³/mol. The Hall–Kier alpha value is -2.03. The summed E-state index contributed by atoms with van der Waals surface area (Å²) >= 11 is 1.72. The third kappa shape index (κ3) is 3.19. The van der Waals surface area contributed by atoms with Crippen molar-refractivity contribution in [2.75, 3.05) is 12.4 Å². The highest BCUT2D eigenvalue weighted by atomic mass is 32.2. The highest BCUT2D eigenvalue weighted by Crippen LogP contribution is 2.48. The molecular weight excluding hydrogens is 300 g/mol. The van der Waals surface area contributed by atoms with Crippen LogP contribution < -0.4 is 5.11 Å². The van der Waals surface area contributed by atoms with Crippen LogP contribution in [0.25, 0.3) is 0 Å². The van der Waals surface area contributed by atoms with Crippen molar-refractivity contribution in [3.63, 3.8) is 0 Å². The van der Waals surface area contributed by atoms with Crippen LogP contribution in [0.1, 0.15) is 16.7 Å². The Morgan fingerprint density at radius 2 is 0.957 bits per heavy atom. The zero-order chi connectivity index (χ0) is 16.0. The van der Waals surface area contributed by atoms with E-state index < -0.39 is 0 Å². The zero-order valence-corrected chi connectivity index (χ0v) is 13.7. The Morgan fingerprint density at radius 1 is 0.609 bits per heavy atom. The molecule has 3 aromatic rings. The van der Waals surface area contributed by atoms with Gasteiger partial charge in [0.05, 0.1) is 4.75 Å². The first-order valence-corrected chi connectivity index (χ1v) is 8.75. The molecule has 0 radical (unpaired) electrons. The molecule has 0 unspecified atom stereocenters. The fourth-order valence-corrected chi connectivity index (χ4v) is 4.26. The van der Waals surface area contributed by atoms with Gasteiger partial charge in [-0.05, 0) is 22.4 Å². The molecule has 0 fully saturated rings. The minimum absolute atomic E-state index is 0.0844. The van der Waals surface area contributed by atoms with Crippen LogP contribution in [0.2, 0.25) is 0 Å². The summed E-state index contributed by atoms with van der Waals surface area (Å²) in [6.45, 7) is -0.0844. The van der Waals surface area contributed by atoms with Crippen molar-refractivity contribution < 1.29 is 5.11 Å². The average Bonchev–Trinajstić information content (AvgIpc) is 2.65. The molecule has 0 aromatic heterocycles. The third-order valence-electron chi connectivity index (χ3n) is 3.94. The molecule has 23 heavy (non-hydrogen) atoms. The van der Waals surface area contributed by atoms with Crippen LogP contribution in [0, 0.1) is 0 Å².